The van der Waals surface area contributed by atoms with Crippen LogP contribution in [0.3, 0.4) is 0 Å². The van der Waals surface area contributed by atoms with Gasteiger partial charge in [0.1, 0.15) is 5.82 Å². The van der Waals surface area contributed by atoms with Crippen LogP contribution >= 0.6 is 0 Å². The molecule has 0 heterocycles. The highest BCUT2D eigenvalue weighted by molar-refractivity contribution is 5.95. The Morgan fingerprint density at radius 2 is 2.14 bits per heavy atom. The molecule has 0 aliphatic carbocycles. The number of benzene rings is 1. The van der Waals surface area contributed by atoms with E-state index in [4.69, 9.17) is 5.41 Å². The predicted octanol–water partition coefficient (Wildman–Crippen LogP) is 3.04. The Hall–Kier alpha value is -1.38. The Kier molecular flexibility index (Phi) is 3.63. The van der Waals surface area contributed by atoms with Gasteiger partial charge in [0.15, 0.2) is 0 Å². The van der Waals surface area contributed by atoms with Gasteiger partial charge in [0.25, 0.3) is 0 Å². The van der Waals surface area contributed by atoms with E-state index in [1.807, 2.05) is 19.9 Å². The van der Waals surface area contributed by atoms with Crippen LogP contribution in [0.15, 0.2) is 24.3 Å². The first kappa shape index (κ1) is 10.7. The Bertz CT molecular complexity index is 323. The highest BCUT2D eigenvalue weighted by Crippen LogP contribution is 2.16. The Morgan fingerprint density at radius 1 is 1.43 bits per heavy atom. The Balaban J connectivity index is 2.94. The van der Waals surface area contributed by atoms with Gasteiger partial charge in [0, 0.05) is 18.7 Å². The molecule has 0 unspecified atom stereocenters. The molecule has 0 atom stereocenters. The number of rotatable bonds is 3. The van der Waals surface area contributed by atoms with E-state index in [0.717, 1.165) is 5.69 Å². The fraction of sp³-hybridized carbons (Fsp3) is 0.364. The molecule has 3 heteroatoms. The van der Waals surface area contributed by atoms with Crippen molar-refractivity contribution in [3.05, 3.63) is 30.1 Å². The fourth-order valence-corrected chi connectivity index (χ4v) is 1.36. The summed E-state index contributed by atoms with van der Waals surface area (Å²) in [6.07, 6.45) is 0.657. The number of hydrogen-bond donors (Lipinski definition) is 1. The number of nitrogens with zero attached hydrogens (tertiary/aromatic N) is 1. The lowest BCUT2D eigenvalue weighted by Crippen LogP contribution is -2.29. The molecule has 0 saturated carbocycles. The third-order valence-corrected chi connectivity index (χ3v) is 2.10. The van der Waals surface area contributed by atoms with Crippen molar-refractivity contribution in [2.75, 3.05) is 11.4 Å². The predicted molar refractivity (Wildman–Crippen MR) is 57.4 cm³/mol. The summed E-state index contributed by atoms with van der Waals surface area (Å²) < 4.78 is 12.9. The molecule has 1 aromatic carbocycles. The van der Waals surface area contributed by atoms with Crippen molar-refractivity contribution in [2.24, 2.45) is 0 Å². The maximum atomic E-state index is 12.9. The average Bonchev–Trinajstić information content (AvgIpc) is 2.19. The van der Waals surface area contributed by atoms with Gasteiger partial charge in [0.05, 0.1) is 5.84 Å². The standard InChI is InChI=1S/C11H15FN2/c1-3-11(13)14(4-2)10-7-5-6-9(12)8-10/h5-8,13H,3-4H2,1-2H3. The lowest BCUT2D eigenvalue weighted by molar-refractivity contribution is 0.627. The molecule has 0 spiro atoms. The van der Waals surface area contributed by atoms with Crippen molar-refractivity contribution < 1.29 is 4.39 Å². The van der Waals surface area contributed by atoms with Crippen molar-refractivity contribution in [1.29, 1.82) is 5.41 Å². The SMILES string of the molecule is CCC(=N)N(CC)c1cccc(F)c1. The molecule has 1 aromatic rings. The van der Waals surface area contributed by atoms with E-state index in [1.54, 1.807) is 11.0 Å². The average molecular weight is 194 g/mol. The third kappa shape index (κ3) is 2.31. The van der Waals surface area contributed by atoms with Gasteiger partial charge in [-0.25, -0.2) is 4.39 Å². The summed E-state index contributed by atoms with van der Waals surface area (Å²) in [5, 5.41) is 7.71. The number of halogens is 1. The van der Waals surface area contributed by atoms with Crippen molar-refractivity contribution in [3.63, 3.8) is 0 Å². The summed E-state index contributed by atoms with van der Waals surface area (Å²) in [6.45, 7) is 4.57. The molecule has 0 aliphatic rings. The fourth-order valence-electron chi connectivity index (χ4n) is 1.36. The number of hydrogen-bond acceptors (Lipinski definition) is 1. The number of amidine groups is 1. The third-order valence-electron chi connectivity index (χ3n) is 2.10. The first-order valence-electron chi connectivity index (χ1n) is 4.79. The highest BCUT2D eigenvalue weighted by atomic mass is 19.1. The molecular weight excluding hydrogens is 179 g/mol. The van der Waals surface area contributed by atoms with Gasteiger partial charge in [-0.3, -0.25) is 5.41 Å². The maximum Gasteiger partial charge on any atom is 0.125 e. The lowest BCUT2D eigenvalue weighted by atomic mass is 10.2. The molecule has 0 radical (unpaired) electrons. The first-order valence-corrected chi connectivity index (χ1v) is 4.79. The van der Waals surface area contributed by atoms with Crippen LogP contribution in [0.4, 0.5) is 10.1 Å². The minimum Gasteiger partial charge on any atom is -0.331 e. The van der Waals surface area contributed by atoms with E-state index < -0.39 is 0 Å². The summed E-state index contributed by atoms with van der Waals surface area (Å²) in [7, 11) is 0. The van der Waals surface area contributed by atoms with E-state index in [0.29, 0.717) is 18.8 Å². The molecule has 0 bridgehead atoms. The zero-order chi connectivity index (χ0) is 10.6. The number of anilines is 1. The van der Waals surface area contributed by atoms with Crippen molar-refractivity contribution in [3.8, 4) is 0 Å². The minimum atomic E-state index is -0.259. The quantitative estimate of drug-likeness (QED) is 0.581. The summed E-state index contributed by atoms with van der Waals surface area (Å²) in [6, 6.07) is 6.34. The molecule has 1 N–H and O–H groups in total. The van der Waals surface area contributed by atoms with Gasteiger partial charge in [-0.05, 0) is 25.1 Å². The molecule has 0 amide bonds. The summed E-state index contributed by atoms with van der Waals surface area (Å²) in [5.41, 5.74) is 0.749. The van der Waals surface area contributed by atoms with E-state index in [1.165, 1.54) is 12.1 Å². The van der Waals surface area contributed by atoms with Crippen LogP contribution in [0.25, 0.3) is 0 Å². The van der Waals surface area contributed by atoms with Gasteiger partial charge < -0.3 is 4.90 Å². The molecule has 1 rings (SSSR count). The van der Waals surface area contributed by atoms with Crippen molar-refractivity contribution >= 4 is 11.5 Å². The topological polar surface area (TPSA) is 27.1 Å². The van der Waals surface area contributed by atoms with Crippen LogP contribution in [0, 0.1) is 11.2 Å². The summed E-state index contributed by atoms with van der Waals surface area (Å²) in [5.74, 6) is 0.253. The second-order valence-corrected chi connectivity index (χ2v) is 3.02. The van der Waals surface area contributed by atoms with E-state index in [9.17, 15) is 4.39 Å². The molecular formula is C11H15FN2. The van der Waals surface area contributed by atoms with Gasteiger partial charge in [-0.1, -0.05) is 13.0 Å². The molecule has 0 aliphatic heterocycles. The second kappa shape index (κ2) is 4.74. The van der Waals surface area contributed by atoms with Crippen LogP contribution in [-0.4, -0.2) is 12.4 Å². The van der Waals surface area contributed by atoms with E-state index in [-0.39, 0.29) is 5.82 Å². The largest absolute Gasteiger partial charge is 0.331 e. The van der Waals surface area contributed by atoms with Crippen LogP contribution in [0.1, 0.15) is 20.3 Å². The summed E-state index contributed by atoms with van der Waals surface area (Å²) >= 11 is 0. The summed E-state index contributed by atoms with van der Waals surface area (Å²) in [4.78, 5) is 1.79. The molecule has 0 fully saturated rings. The molecule has 0 aromatic heterocycles. The van der Waals surface area contributed by atoms with Crippen molar-refractivity contribution in [2.45, 2.75) is 20.3 Å². The van der Waals surface area contributed by atoms with Crippen LogP contribution in [-0.2, 0) is 0 Å². The highest BCUT2D eigenvalue weighted by Gasteiger charge is 2.08. The molecule has 2 nitrogen and oxygen atoms in total. The monoisotopic (exact) mass is 194 g/mol. The Labute approximate surface area is 83.9 Å². The van der Waals surface area contributed by atoms with E-state index >= 15 is 0 Å². The lowest BCUT2D eigenvalue weighted by Gasteiger charge is -2.22. The molecule has 76 valence electrons. The minimum absolute atomic E-state index is 0.259. The molecule has 0 saturated heterocycles. The van der Waals surface area contributed by atoms with Crippen LogP contribution in [0.2, 0.25) is 0 Å². The molecule has 14 heavy (non-hydrogen) atoms. The van der Waals surface area contributed by atoms with Gasteiger partial charge in [-0.2, -0.15) is 0 Å². The van der Waals surface area contributed by atoms with E-state index in [2.05, 4.69) is 0 Å². The first-order chi connectivity index (χ1) is 6.69. The van der Waals surface area contributed by atoms with Crippen LogP contribution in [0.5, 0.6) is 0 Å². The van der Waals surface area contributed by atoms with Gasteiger partial charge in [-0.15, -0.1) is 0 Å². The van der Waals surface area contributed by atoms with Crippen molar-refractivity contribution in [1.82, 2.24) is 0 Å². The second-order valence-electron chi connectivity index (χ2n) is 3.02. The Morgan fingerprint density at radius 3 is 2.64 bits per heavy atom. The zero-order valence-corrected chi connectivity index (χ0v) is 8.55. The van der Waals surface area contributed by atoms with Gasteiger partial charge >= 0.3 is 0 Å². The normalized spacial score (nSPS) is 9.93. The smallest absolute Gasteiger partial charge is 0.125 e. The van der Waals surface area contributed by atoms with Gasteiger partial charge in [0.2, 0.25) is 0 Å². The zero-order valence-electron chi connectivity index (χ0n) is 8.55. The van der Waals surface area contributed by atoms with Crippen LogP contribution < -0.4 is 4.90 Å². The number of nitrogens with one attached hydrogen (secondary N) is 1. The maximum absolute atomic E-state index is 12.9.